The lowest BCUT2D eigenvalue weighted by molar-refractivity contribution is -0.192. The molecule has 0 aromatic carbocycles. The average molecular weight is 451 g/mol. The Bertz CT molecular complexity index is 710. The number of hydrogen-bond donors (Lipinski definition) is 1. The highest BCUT2D eigenvalue weighted by Gasteiger charge is 2.46. The van der Waals surface area contributed by atoms with E-state index in [0.29, 0.717) is 6.10 Å². The number of thiazole rings is 1. The molecule has 0 bridgehead atoms. The molecule has 10 heteroatoms. The molecule has 0 spiro atoms. The van der Waals surface area contributed by atoms with Crippen LogP contribution in [0.15, 0.2) is 5.38 Å². The van der Waals surface area contributed by atoms with E-state index in [2.05, 4.69) is 22.2 Å². The monoisotopic (exact) mass is 450 g/mol. The predicted molar refractivity (Wildman–Crippen MR) is 105 cm³/mol. The summed E-state index contributed by atoms with van der Waals surface area (Å²) in [6.07, 6.45) is 1.59. The largest absolute Gasteiger partial charge is 0.490 e. The fourth-order valence-corrected chi connectivity index (χ4v) is 4.92. The van der Waals surface area contributed by atoms with E-state index in [9.17, 15) is 13.2 Å². The summed E-state index contributed by atoms with van der Waals surface area (Å²) in [5, 5.41) is 10.5. The van der Waals surface area contributed by atoms with Crippen LogP contribution in [-0.4, -0.2) is 66.2 Å². The number of likely N-dealkylation sites (tertiary alicyclic amines) is 1. The summed E-state index contributed by atoms with van der Waals surface area (Å²) < 4.78 is 44.0. The van der Waals surface area contributed by atoms with Gasteiger partial charge < -0.3 is 14.6 Å². The van der Waals surface area contributed by atoms with Crippen LogP contribution < -0.4 is 0 Å². The number of rotatable bonds is 6. The molecule has 4 rings (SSSR count). The van der Waals surface area contributed by atoms with Crippen LogP contribution >= 0.6 is 11.3 Å². The zero-order valence-electron chi connectivity index (χ0n) is 17.1. The van der Waals surface area contributed by atoms with E-state index in [-0.39, 0.29) is 5.41 Å². The van der Waals surface area contributed by atoms with E-state index in [1.807, 2.05) is 0 Å². The van der Waals surface area contributed by atoms with Gasteiger partial charge in [-0.2, -0.15) is 13.2 Å². The Morgan fingerprint density at radius 2 is 2.17 bits per heavy atom. The van der Waals surface area contributed by atoms with Gasteiger partial charge in [0.15, 0.2) is 0 Å². The Kier molecular flexibility index (Phi) is 7.76. The Labute approximate surface area is 178 Å². The minimum Gasteiger partial charge on any atom is -0.475 e. The molecule has 2 saturated heterocycles. The first-order chi connectivity index (χ1) is 14.2. The van der Waals surface area contributed by atoms with Crippen molar-refractivity contribution in [3.63, 3.8) is 0 Å². The summed E-state index contributed by atoms with van der Waals surface area (Å²) >= 11 is 1.79. The van der Waals surface area contributed by atoms with Crippen LogP contribution in [-0.2, 0) is 20.8 Å². The van der Waals surface area contributed by atoms with Crippen molar-refractivity contribution in [2.24, 2.45) is 11.3 Å². The van der Waals surface area contributed by atoms with Crippen LogP contribution in [0, 0.1) is 18.3 Å². The van der Waals surface area contributed by atoms with E-state index >= 15 is 0 Å². The third kappa shape index (κ3) is 6.63. The number of hydrogen-bond acceptors (Lipinski definition) is 6. The highest BCUT2D eigenvalue weighted by Crippen LogP contribution is 2.41. The van der Waals surface area contributed by atoms with Crippen molar-refractivity contribution in [1.29, 1.82) is 0 Å². The first-order valence-electron chi connectivity index (χ1n) is 10.3. The van der Waals surface area contributed by atoms with Crippen LogP contribution in [0.4, 0.5) is 13.2 Å². The molecule has 2 unspecified atom stereocenters. The molecule has 1 saturated carbocycles. The van der Waals surface area contributed by atoms with Crippen molar-refractivity contribution in [1.82, 2.24) is 9.88 Å². The van der Waals surface area contributed by atoms with Crippen LogP contribution in [0.5, 0.6) is 0 Å². The molecule has 3 heterocycles. The maximum atomic E-state index is 10.6. The Morgan fingerprint density at radius 3 is 2.77 bits per heavy atom. The fraction of sp³-hybridized carbons (Fsp3) is 0.800. The standard InChI is InChI=1S/C18H28N2O2S.C2HF3O2/c1-14-11-23-17(19-14)9-20-7-5-16-18(12-20,6-2-8-22-16)13-21-10-15-3-4-15;3-2(4,5)1(6)7/h11,15-16H,2-10,12-13H2,1H3;(H,6,7). The van der Waals surface area contributed by atoms with Crippen LogP contribution in [0.1, 0.15) is 42.8 Å². The van der Waals surface area contributed by atoms with Gasteiger partial charge in [-0.05, 0) is 44.9 Å². The first-order valence-corrected chi connectivity index (χ1v) is 11.2. The van der Waals surface area contributed by atoms with Gasteiger partial charge in [0, 0.05) is 42.8 Å². The molecule has 0 radical (unpaired) electrons. The third-order valence-corrected chi connectivity index (χ3v) is 6.73. The van der Waals surface area contributed by atoms with E-state index in [0.717, 1.165) is 57.5 Å². The van der Waals surface area contributed by atoms with Gasteiger partial charge in [0.2, 0.25) is 0 Å². The second-order valence-electron chi connectivity index (χ2n) is 8.47. The van der Waals surface area contributed by atoms with Crippen molar-refractivity contribution < 1.29 is 32.5 Å². The number of carboxylic acid groups (broad SMARTS) is 1. The lowest BCUT2D eigenvalue weighted by Crippen LogP contribution is -2.56. The quantitative estimate of drug-likeness (QED) is 0.709. The molecule has 3 fully saturated rings. The molecule has 0 amide bonds. The number of fused-ring (bicyclic) bond motifs is 1. The van der Waals surface area contributed by atoms with Crippen LogP contribution in [0.25, 0.3) is 0 Å². The molecule has 30 heavy (non-hydrogen) atoms. The van der Waals surface area contributed by atoms with Gasteiger partial charge in [-0.1, -0.05) is 0 Å². The molecule has 1 aromatic rings. The van der Waals surface area contributed by atoms with Gasteiger partial charge >= 0.3 is 12.1 Å². The summed E-state index contributed by atoms with van der Waals surface area (Å²) in [6.45, 7) is 8.04. The minimum absolute atomic E-state index is 0.206. The Morgan fingerprint density at radius 1 is 1.43 bits per heavy atom. The van der Waals surface area contributed by atoms with Gasteiger partial charge in [0.05, 0.1) is 19.3 Å². The summed E-state index contributed by atoms with van der Waals surface area (Å²) in [4.78, 5) is 16.1. The molecular formula is C20H29F3N2O4S. The second kappa shape index (κ2) is 9.93. The number of halogens is 3. The van der Waals surface area contributed by atoms with Crippen molar-refractivity contribution in [3.8, 4) is 0 Å². The summed E-state index contributed by atoms with van der Waals surface area (Å²) in [5.41, 5.74) is 1.35. The molecule has 2 aliphatic heterocycles. The number of ether oxygens (including phenoxy) is 2. The molecular weight excluding hydrogens is 421 g/mol. The highest BCUT2D eigenvalue weighted by molar-refractivity contribution is 7.09. The summed E-state index contributed by atoms with van der Waals surface area (Å²) in [5.74, 6) is -1.92. The van der Waals surface area contributed by atoms with E-state index in [1.165, 1.54) is 30.7 Å². The SMILES string of the molecule is Cc1csc(CN2CCC3OCCCC3(COCC3CC3)C2)n1.O=C(O)C(F)(F)F. The molecule has 170 valence electrons. The van der Waals surface area contributed by atoms with Gasteiger partial charge in [-0.25, -0.2) is 9.78 Å². The number of carboxylic acids is 1. The smallest absolute Gasteiger partial charge is 0.475 e. The normalized spacial score (nSPS) is 27.1. The summed E-state index contributed by atoms with van der Waals surface area (Å²) in [6, 6.07) is 0. The Hall–Kier alpha value is -1.23. The Balaban J connectivity index is 0.000000318. The van der Waals surface area contributed by atoms with Gasteiger partial charge in [-0.3, -0.25) is 4.90 Å². The third-order valence-electron chi connectivity index (χ3n) is 5.78. The van der Waals surface area contributed by atoms with Gasteiger partial charge in [0.1, 0.15) is 5.01 Å². The molecule has 6 nitrogen and oxygen atoms in total. The maximum Gasteiger partial charge on any atom is 0.490 e. The molecule has 1 aromatic heterocycles. The maximum absolute atomic E-state index is 10.6. The number of piperidine rings is 1. The zero-order chi connectivity index (χ0) is 21.8. The number of carbonyl (C=O) groups is 1. The van der Waals surface area contributed by atoms with E-state index in [1.54, 1.807) is 11.3 Å². The topological polar surface area (TPSA) is 71.9 Å². The lowest BCUT2D eigenvalue weighted by atomic mass is 9.73. The summed E-state index contributed by atoms with van der Waals surface area (Å²) in [7, 11) is 0. The fourth-order valence-electron chi connectivity index (χ4n) is 4.11. The highest BCUT2D eigenvalue weighted by atomic mass is 32.1. The second-order valence-corrected chi connectivity index (χ2v) is 9.41. The molecule has 1 N–H and O–H groups in total. The van der Waals surface area contributed by atoms with Crippen molar-refractivity contribution >= 4 is 17.3 Å². The van der Waals surface area contributed by atoms with Gasteiger partial charge in [-0.15, -0.1) is 11.3 Å². The zero-order valence-corrected chi connectivity index (χ0v) is 17.9. The van der Waals surface area contributed by atoms with Crippen LogP contribution in [0.3, 0.4) is 0 Å². The van der Waals surface area contributed by atoms with Gasteiger partial charge in [0.25, 0.3) is 0 Å². The first kappa shape index (κ1) is 23.4. The number of aryl methyl sites for hydroxylation is 1. The number of aromatic nitrogens is 1. The van der Waals surface area contributed by atoms with Crippen molar-refractivity contribution in [2.45, 2.75) is 57.9 Å². The molecule has 3 aliphatic rings. The number of alkyl halides is 3. The molecule has 1 aliphatic carbocycles. The minimum atomic E-state index is -5.08. The van der Waals surface area contributed by atoms with Crippen LogP contribution in [0.2, 0.25) is 0 Å². The lowest BCUT2D eigenvalue weighted by Gasteiger charge is -2.50. The molecule has 2 atom stereocenters. The van der Waals surface area contributed by atoms with Crippen molar-refractivity contribution in [2.75, 3.05) is 32.9 Å². The van der Waals surface area contributed by atoms with E-state index < -0.39 is 12.1 Å². The van der Waals surface area contributed by atoms with E-state index in [4.69, 9.17) is 19.4 Å². The number of aliphatic carboxylic acids is 1. The average Bonchev–Trinajstić information content (AvgIpc) is 3.41. The predicted octanol–water partition coefficient (Wildman–Crippen LogP) is 3.88. The number of nitrogens with zero attached hydrogens (tertiary/aromatic N) is 2. The van der Waals surface area contributed by atoms with Crippen molar-refractivity contribution in [3.05, 3.63) is 16.1 Å².